The van der Waals surface area contributed by atoms with Gasteiger partial charge in [0.2, 0.25) is 0 Å². The van der Waals surface area contributed by atoms with Crippen LogP contribution in [0.4, 0.5) is 0 Å². The molecule has 105 valence electrons. The third-order valence-corrected chi connectivity index (χ3v) is 4.02. The highest BCUT2D eigenvalue weighted by atomic mass is 32.2. The number of hydrogen-bond donors (Lipinski definition) is 0. The molecule has 0 atom stereocenters. The summed E-state index contributed by atoms with van der Waals surface area (Å²) in [6, 6.07) is 6.99. The molecule has 1 aromatic carbocycles. The van der Waals surface area contributed by atoms with Crippen molar-refractivity contribution in [3.63, 3.8) is 0 Å². The average molecular weight is 282 g/mol. The molecule has 1 rings (SSSR count). The first-order valence-electron chi connectivity index (χ1n) is 6.27. The van der Waals surface area contributed by atoms with Gasteiger partial charge in [-0.25, -0.2) is 8.42 Å². The summed E-state index contributed by atoms with van der Waals surface area (Å²) in [4.78, 5) is 12.1. The molecule has 1 amide bonds. The molecule has 0 aliphatic rings. The Morgan fingerprint density at radius 3 is 2.32 bits per heavy atom. The van der Waals surface area contributed by atoms with Gasteiger partial charge in [0.15, 0.2) is 0 Å². The van der Waals surface area contributed by atoms with Crippen molar-refractivity contribution in [2.24, 2.45) is 0 Å². The van der Waals surface area contributed by atoms with Crippen molar-refractivity contribution >= 4 is 15.9 Å². The van der Waals surface area contributed by atoms with Crippen molar-refractivity contribution in [2.75, 3.05) is 5.75 Å². The van der Waals surface area contributed by atoms with Crippen LogP contribution < -0.4 is 4.72 Å². The standard InChI is InChI=1S/C14H20NO3S/c1-5-10-19(17,18)15-13(16)11-8-6-7-9-12(11)14(2,3)4/h6-9H,5,10H2,1-4H3. The summed E-state index contributed by atoms with van der Waals surface area (Å²) in [5.74, 6) is -0.782. The number of carbonyl (C=O) groups is 1. The molecule has 5 heteroatoms. The van der Waals surface area contributed by atoms with Gasteiger partial charge in [-0.3, -0.25) is 4.79 Å². The predicted molar refractivity (Wildman–Crippen MR) is 75.7 cm³/mol. The van der Waals surface area contributed by atoms with Gasteiger partial charge in [0, 0.05) is 5.56 Å². The number of hydrogen-bond acceptors (Lipinski definition) is 3. The predicted octanol–water partition coefficient (Wildman–Crippen LogP) is 2.47. The number of rotatable bonds is 4. The first-order valence-corrected chi connectivity index (χ1v) is 7.88. The Kier molecular flexibility index (Phi) is 4.74. The van der Waals surface area contributed by atoms with Crippen LogP contribution in [0, 0.1) is 0 Å². The summed E-state index contributed by atoms with van der Waals surface area (Å²) in [5, 5.41) is 0. The zero-order chi connectivity index (χ0) is 14.7. The van der Waals surface area contributed by atoms with E-state index in [4.69, 9.17) is 0 Å². The molecule has 0 fully saturated rings. The SMILES string of the molecule is CCCS(=O)(=O)[N]C(=O)c1ccccc1C(C)(C)C. The number of carbonyl (C=O) groups excluding carboxylic acids is 1. The lowest BCUT2D eigenvalue weighted by Crippen LogP contribution is -2.28. The number of sulfonamides is 1. The molecule has 0 aromatic heterocycles. The molecule has 0 bridgehead atoms. The highest BCUT2D eigenvalue weighted by Crippen LogP contribution is 2.25. The van der Waals surface area contributed by atoms with Crippen molar-refractivity contribution in [1.82, 2.24) is 4.72 Å². The molecule has 0 unspecified atom stereocenters. The van der Waals surface area contributed by atoms with E-state index in [2.05, 4.69) is 4.72 Å². The second-order valence-electron chi connectivity index (χ2n) is 5.48. The minimum absolute atomic E-state index is 0.101. The maximum Gasteiger partial charge on any atom is 0.288 e. The molecular formula is C14H20NO3S. The molecule has 0 aliphatic carbocycles. The van der Waals surface area contributed by atoms with Gasteiger partial charge in [0.1, 0.15) is 0 Å². The Balaban J connectivity index is 3.08. The van der Waals surface area contributed by atoms with E-state index in [0.29, 0.717) is 12.0 Å². The van der Waals surface area contributed by atoms with Gasteiger partial charge in [0.05, 0.1) is 5.75 Å². The number of nitrogens with zero attached hydrogens (tertiary/aromatic N) is 1. The minimum atomic E-state index is -3.67. The molecule has 4 nitrogen and oxygen atoms in total. The third-order valence-electron chi connectivity index (χ3n) is 2.65. The Bertz CT molecular complexity index is 556. The molecular weight excluding hydrogens is 262 g/mol. The summed E-state index contributed by atoms with van der Waals surface area (Å²) < 4.78 is 26.6. The molecule has 0 saturated heterocycles. The van der Waals surface area contributed by atoms with Crippen LogP contribution in [0.1, 0.15) is 50.0 Å². The number of benzene rings is 1. The van der Waals surface area contributed by atoms with Crippen molar-refractivity contribution in [3.05, 3.63) is 35.4 Å². The van der Waals surface area contributed by atoms with Crippen LogP contribution in [0.2, 0.25) is 0 Å². The Labute approximate surface area is 115 Å². The van der Waals surface area contributed by atoms with Gasteiger partial charge < -0.3 is 0 Å². The minimum Gasteiger partial charge on any atom is -0.266 e. The van der Waals surface area contributed by atoms with Gasteiger partial charge in [-0.2, -0.15) is 0 Å². The summed E-state index contributed by atoms with van der Waals surface area (Å²) in [6.45, 7) is 7.65. The lowest BCUT2D eigenvalue weighted by Gasteiger charge is -2.21. The Morgan fingerprint density at radius 2 is 1.79 bits per heavy atom. The fraction of sp³-hybridized carbons (Fsp3) is 0.500. The second kappa shape index (κ2) is 5.74. The molecule has 19 heavy (non-hydrogen) atoms. The normalized spacial score (nSPS) is 12.2. The molecule has 0 heterocycles. The van der Waals surface area contributed by atoms with E-state index in [9.17, 15) is 13.2 Å². The fourth-order valence-corrected chi connectivity index (χ4v) is 2.76. The van der Waals surface area contributed by atoms with E-state index in [1.54, 1.807) is 19.1 Å². The van der Waals surface area contributed by atoms with Crippen molar-refractivity contribution in [3.8, 4) is 0 Å². The van der Waals surface area contributed by atoms with Crippen molar-refractivity contribution < 1.29 is 13.2 Å². The summed E-state index contributed by atoms with van der Waals surface area (Å²) >= 11 is 0. The van der Waals surface area contributed by atoms with E-state index < -0.39 is 15.9 Å². The van der Waals surface area contributed by atoms with Gasteiger partial charge >= 0.3 is 0 Å². The molecule has 1 aromatic rings. The van der Waals surface area contributed by atoms with Gasteiger partial charge in [-0.05, 0) is 23.5 Å². The van der Waals surface area contributed by atoms with Crippen LogP contribution in [0.15, 0.2) is 24.3 Å². The van der Waals surface area contributed by atoms with E-state index >= 15 is 0 Å². The van der Waals surface area contributed by atoms with Gasteiger partial charge in [-0.15, -0.1) is 4.72 Å². The first-order chi connectivity index (χ1) is 8.67. The van der Waals surface area contributed by atoms with E-state index in [-0.39, 0.29) is 11.2 Å². The molecule has 0 saturated carbocycles. The molecule has 1 radical (unpaired) electrons. The van der Waals surface area contributed by atoms with Crippen LogP contribution >= 0.6 is 0 Å². The fourth-order valence-electron chi connectivity index (χ4n) is 1.80. The largest absolute Gasteiger partial charge is 0.288 e. The summed E-state index contributed by atoms with van der Waals surface area (Å²) in [6.07, 6.45) is 0.444. The molecule has 0 N–H and O–H groups in total. The average Bonchev–Trinajstić information content (AvgIpc) is 2.27. The highest BCUT2D eigenvalue weighted by molar-refractivity contribution is 7.89. The third kappa shape index (κ3) is 4.35. The van der Waals surface area contributed by atoms with E-state index in [1.165, 1.54) is 0 Å². The highest BCUT2D eigenvalue weighted by Gasteiger charge is 2.24. The van der Waals surface area contributed by atoms with Crippen LogP contribution in [0.5, 0.6) is 0 Å². The lowest BCUT2D eigenvalue weighted by atomic mass is 9.83. The second-order valence-corrected chi connectivity index (χ2v) is 7.23. The first kappa shape index (κ1) is 15.7. The van der Waals surface area contributed by atoms with Crippen LogP contribution in [0.25, 0.3) is 0 Å². The zero-order valence-electron chi connectivity index (χ0n) is 11.8. The van der Waals surface area contributed by atoms with Crippen molar-refractivity contribution in [2.45, 2.75) is 39.5 Å². The topological polar surface area (TPSA) is 65.3 Å². The Morgan fingerprint density at radius 1 is 1.21 bits per heavy atom. The molecule has 0 spiro atoms. The number of amides is 1. The zero-order valence-corrected chi connectivity index (χ0v) is 12.6. The van der Waals surface area contributed by atoms with E-state index in [1.807, 2.05) is 32.9 Å². The quantitative estimate of drug-likeness (QED) is 0.852. The van der Waals surface area contributed by atoms with Gasteiger partial charge in [0.25, 0.3) is 15.9 Å². The monoisotopic (exact) mass is 282 g/mol. The Hall–Kier alpha value is -1.36. The maximum atomic E-state index is 12.1. The summed E-state index contributed by atoms with van der Waals surface area (Å²) in [7, 11) is -3.67. The lowest BCUT2D eigenvalue weighted by molar-refractivity contribution is 0.0976. The van der Waals surface area contributed by atoms with Crippen LogP contribution in [0.3, 0.4) is 0 Å². The molecule has 0 aliphatic heterocycles. The van der Waals surface area contributed by atoms with Crippen LogP contribution in [-0.4, -0.2) is 20.1 Å². The smallest absolute Gasteiger partial charge is 0.266 e. The van der Waals surface area contributed by atoms with Gasteiger partial charge in [-0.1, -0.05) is 45.9 Å². The maximum absolute atomic E-state index is 12.1. The van der Waals surface area contributed by atoms with Crippen LogP contribution in [-0.2, 0) is 15.4 Å². The van der Waals surface area contributed by atoms with E-state index in [0.717, 1.165) is 5.56 Å². The summed E-state index contributed by atoms with van der Waals surface area (Å²) in [5.41, 5.74) is 0.918. The van der Waals surface area contributed by atoms with Crippen molar-refractivity contribution in [1.29, 1.82) is 0 Å².